The number of hydrogen-bond donors (Lipinski definition) is 1. The summed E-state index contributed by atoms with van der Waals surface area (Å²) in [6, 6.07) is 8.27. The molecule has 32 heavy (non-hydrogen) atoms. The number of aryl methyl sites for hydroxylation is 1. The van der Waals surface area contributed by atoms with Gasteiger partial charge in [-0.1, -0.05) is 0 Å². The molecule has 6 heterocycles. The van der Waals surface area contributed by atoms with Crippen LogP contribution in [0.4, 0.5) is 5.82 Å². The standard InChI is InChI=1S/C24H23N7O/c1-15-14-32-12-11-31(15)24-21-20(19(13-30(21)2)16-3-7-25-8-4-16)28-23(29-24)18-6-10-27-22-17(18)5-9-26-22/h3-10,13,15H,11-12,14H2,1-2H3,(H,26,27). The minimum absolute atomic E-state index is 0.221. The average molecular weight is 425 g/mol. The number of nitrogens with one attached hydrogen (secondary N) is 1. The molecule has 1 N–H and O–H groups in total. The zero-order valence-electron chi connectivity index (χ0n) is 18.0. The van der Waals surface area contributed by atoms with Gasteiger partial charge in [-0.2, -0.15) is 0 Å². The topological polar surface area (TPSA) is 84.8 Å². The summed E-state index contributed by atoms with van der Waals surface area (Å²) in [6.45, 7) is 4.33. The maximum Gasteiger partial charge on any atom is 0.163 e. The first kappa shape index (κ1) is 18.9. The molecule has 5 aromatic rings. The van der Waals surface area contributed by atoms with Gasteiger partial charge in [-0.15, -0.1) is 0 Å². The molecule has 1 atom stereocenters. The molecule has 1 saturated heterocycles. The fourth-order valence-corrected chi connectivity index (χ4v) is 4.54. The number of fused-ring (bicyclic) bond motifs is 2. The number of aromatic nitrogens is 6. The number of hydrogen-bond acceptors (Lipinski definition) is 6. The van der Waals surface area contributed by atoms with Crippen LogP contribution in [-0.4, -0.2) is 55.3 Å². The second kappa shape index (κ2) is 7.42. The van der Waals surface area contributed by atoms with Gasteiger partial charge in [0.25, 0.3) is 0 Å². The molecule has 0 radical (unpaired) electrons. The van der Waals surface area contributed by atoms with Gasteiger partial charge in [-0.25, -0.2) is 15.0 Å². The zero-order chi connectivity index (χ0) is 21.7. The number of H-pyrrole nitrogens is 1. The maximum absolute atomic E-state index is 5.70. The minimum atomic E-state index is 0.221. The van der Waals surface area contributed by atoms with Crippen LogP contribution in [0.5, 0.6) is 0 Å². The van der Waals surface area contributed by atoms with Gasteiger partial charge in [-0.05, 0) is 36.8 Å². The highest BCUT2D eigenvalue weighted by molar-refractivity contribution is 6.01. The Kier molecular flexibility index (Phi) is 4.39. The molecule has 160 valence electrons. The van der Waals surface area contributed by atoms with Crippen molar-refractivity contribution >= 4 is 27.9 Å². The van der Waals surface area contributed by atoms with E-state index in [4.69, 9.17) is 14.7 Å². The molecule has 8 heteroatoms. The molecular formula is C24H23N7O. The van der Waals surface area contributed by atoms with Crippen molar-refractivity contribution in [1.82, 2.24) is 29.5 Å². The van der Waals surface area contributed by atoms with Crippen molar-refractivity contribution < 1.29 is 4.74 Å². The van der Waals surface area contributed by atoms with Crippen LogP contribution in [-0.2, 0) is 11.8 Å². The largest absolute Gasteiger partial charge is 0.377 e. The molecule has 1 aliphatic rings. The molecule has 0 aliphatic carbocycles. The van der Waals surface area contributed by atoms with Crippen LogP contribution in [0.25, 0.3) is 44.6 Å². The van der Waals surface area contributed by atoms with Crippen molar-refractivity contribution in [3.63, 3.8) is 0 Å². The highest BCUT2D eigenvalue weighted by atomic mass is 16.5. The van der Waals surface area contributed by atoms with E-state index in [2.05, 4.69) is 44.6 Å². The fourth-order valence-electron chi connectivity index (χ4n) is 4.54. The molecule has 8 nitrogen and oxygen atoms in total. The third kappa shape index (κ3) is 2.95. The first-order chi connectivity index (χ1) is 15.7. The summed E-state index contributed by atoms with van der Waals surface area (Å²) < 4.78 is 7.83. The number of rotatable bonds is 3. The summed E-state index contributed by atoms with van der Waals surface area (Å²) in [5, 5.41) is 1.01. The predicted octanol–water partition coefficient (Wildman–Crippen LogP) is 3.80. The molecule has 6 rings (SSSR count). The second-order valence-corrected chi connectivity index (χ2v) is 8.17. The monoisotopic (exact) mass is 425 g/mol. The van der Waals surface area contributed by atoms with Gasteiger partial charge in [0, 0.05) is 61.1 Å². The molecule has 0 amide bonds. The summed E-state index contributed by atoms with van der Waals surface area (Å²) in [5.74, 6) is 1.63. The number of ether oxygens (including phenoxy) is 1. The van der Waals surface area contributed by atoms with E-state index < -0.39 is 0 Å². The van der Waals surface area contributed by atoms with E-state index in [9.17, 15) is 0 Å². The SMILES string of the molecule is CC1COCCN1c1nc(-c2ccnc3[nH]ccc23)nc2c(-c3ccncc3)cn(C)c12. The molecule has 1 unspecified atom stereocenters. The molecular weight excluding hydrogens is 402 g/mol. The highest BCUT2D eigenvalue weighted by Crippen LogP contribution is 2.37. The molecule has 0 aromatic carbocycles. The van der Waals surface area contributed by atoms with Crippen molar-refractivity contribution in [3.8, 4) is 22.5 Å². The van der Waals surface area contributed by atoms with Crippen LogP contribution >= 0.6 is 0 Å². The van der Waals surface area contributed by atoms with Gasteiger partial charge in [0.1, 0.15) is 16.7 Å². The van der Waals surface area contributed by atoms with Crippen LogP contribution in [0, 0.1) is 0 Å². The van der Waals surface area contributed by atoms with E-state index >= 15 is 0 Å². The quantitative estimate of drug-likeness (QED) is 0.473. The van der Waals surface area contributed by atoms with E-state index in [0.29, 0.717) is 19.0 Å². The third-order valence-corrected chi connectivity index (χ3v) is 6.13. The summed E-state index contributed by atoms with van der Waals surface area (Å²) >= 11 is 0. The number of morpholine rings is 1. The van der Waals surface area contributed by atoms with Gasteiger partial charge >= 0.3 is 0 Å². The first-order valence-corrected chi connectivity index (χ1v) is 10.7. The molecule has 5 aromatic heterocycles. The average Bonchev–Trinajstić information content (AvgIpc) is 3.44. The Labute approximate surface area is 184 Å². The molecule has 0 spiro atoms. The van der Waals surface area contributed by atoms with Gasteiger partial charge in [0.15, 0.2) is 11.6 Å². The maximum atomic E-state index is 5.70. The molecule has 1 fully saturated rings. The lowest BCUT2D eigenvalue weighted by Crippen LogP contribution is -2.44. The van der Waals surface area contributed by atoms with E-state index in [1.807, 2.05) is 42.9 Å². The van der Waals surface area contributed by atoms with Crippen molar-refractivity contribution in [2.75, 3.05) is 24.7 Å². The van der Waals surface area contributed by atoms with Crippen LogP contribution in [0.2, 0.25) is 0 Å². The number of anilines is 1. The van der Waals surface area contributed by atoms with Crippen LogP contribution in [0.15, 0.2) is 55.2 Å². The Balaban J connectivity index is 1.66. The van der Waals surface area contributed by atoms with Crippen molar-refractivity contribution in [2.45, 2.75) is 13.0 Å². The summed E-state index contributed by atoms with van der Waals surface area (Å²) in [5.41, 5.74) is 5.89. The summed E-state index contributed by atoms with van der Waals surface area (Å²) in [7, 11) is 2.06. The minimum Gasteiger partial charge on any atom is -0.377 e. The lowest BCUT2D eigenvalue weighted by molar-refractivity contribution is 0.0986. The molecule has 1 aliphatic heterocycles. The number of pyridine rings is 2. The number of nitrogens with zero attached hydrogens (tertiary/aromatic N) is 6. The van der Waals surface area contributed by atoms with E-state index in [-0.39, 0.29) is 6.04 Å². The van der Waals surface area contributed by atoms with Gasteiger partial charge < -0.3 is 19.2 Å². The lowest BCUT2D eigenvalue weighted by Gasteiger charge is -2.34. The molecule has 0 saturated carbocycles. The normalized spacial score (nSPS) is 16.8. The van der Waals surface area contributed by atoms with Crippen molar-refractivity contribution in [3.05, 3.63) is 55.2 Å². The summed E-state index contributed by atoms with van der Waals surface area (Å²) in [6.07, 6.45) is 9.45. The number of aromatic amines is 1. The Hall–Kier alpha value is -3.78. The smallest absolute Gasteiger partial charge is 0.163 e. The van der Waals surface area contributed by atoms with E-state index in [1.165, 1.54) is 0 Å². The molecule has 0 bridgehead atoms. The first-order valence-electron chi connectivity index (χ1n) is 10.7. The fraction of sp³-hybridized carbons (Fsp3) is 0.250. The summed E-state index contributed by atoms with van der Waals surface area (Å²) in [4.78, 5) is 24.4. The second-order valence-electron chi connectivity index (χ2n) is 8.17. The Morgan fingerprint density at radius 2 is 1.94 bits per heavy atom. The van der Waals surface area contributed by atoms with Crippen LogP contribution < -0.4 is 4.90 Å². The predicted molar refractivity (Wildman–Crippen MR) is 124 cm³/mol. The zero-order valence-corrected chi connectivity index (χ0v) is 18.0. The third-order valence-electron chi connectivity index (χ3n) is 6.13. The van der Waals surface area contributed by atoms with E-state index in [0.717, 1.165) is 51.1 Å². The highest BCUT2D eigenvalue weighted by Gasteiger charge is 2.26. The van der Waals surface area contributed by atoms with Crippen LogP contribution in [0.3, 0.4) is 0 Å². The van der Waals surface area contributed by atoms with Crippen molar-refractivity contribution in [1.29, 1.82) is 0 Å². The van der Waals surface area contributed by atoms with Gasteiger partial charge in [-0.3, -0.25) is 4.98 Å². The Morgan fingerprint density at radius 1 is 1.06 bits per heavy atom. The van der Waals surface area contributed by atoms with Gasteiger partial charge in [0.05, 0.1) is 19.3 Å². The lowest BCUT2D eigenvalue weighted by atomic mass is 10.1. The van der Waals surface area contributed by atoms with Gasteiger partial charge in [0.2, 0.25) is 0 Å². The van der Waals surface area contributed by atoms with E-state index in [1.54, 1.807) is 6.20 Å². The Bertz CT molecular complexity index is 1420. The van der Waals surface area contributed by atoms with Crippen LogP contribution in [0.1, 0.15) is 6.92 Å². The van der Waals surface area contributed by atoms with Crippen molar-refractivity contribution in [2.24, 2.45) is 7.05 Å². The Morgan fingerprint density at radius 3 is 2.78 bits per heavy atom.